The Balaban J connectivity index is 2.62. The van der Waals surface area contributed by atoms with E-state index in [1.807, 2.05) is 12.1 Å². The third-order valence-corrected chi connectivity index (χ3v) is 3.55. The van der Waals surface area contributed by atoms with Gasteiger partial charge in [-0.25, -0.2) is 0 Å². The van der Waals surface area contributed by atoms with Crippen LogP contribution in [0.1, 0.15) is 29.8 Å². The minimum absolute atomic E-state index is 0.0950. The van der Waals surface area contributed by atoms with Crippen LogP contribution >= 0.6 is 15.9 Å². The molecule has 2 N–H and O–H groups in total. The number of benzene rings is 1. The van der Waals surface area contributed by atoms with Gasteiger partial charge < -0.3 is 10.6 Å². The van der Waals surface area contributed by atoms with Gasteiger partial charge in [-0.3, -0.25) is 9.59 Å². The predicted molar refractivity (Wildman–Crippen MR) is 79.3 cm³/mol. The van der Waals surface area contributed by atoms with Gasteiger partial charge in [-0.1, -0.05) is 28.1 Å². The lowest BCUT2D eigenvalue weighted by atomic mass is 9.92. The molecule has 0 radical (unpaired) electrons. The smallest absolute Gasteiger partial charge is 0.251 e. The van der Waals surface area contributed by atoms with Crippen molar-refractivity contribution in [3.05, 3.63) is 35.4 Å². The molecular formula is C14H19BrN2O2. The topological polar surface area (TPSA) is 58.2 Å². The van der Waals surface area contributed by atoms with E-state index >= 15 is 0 Å². The van der Waals surface area contributed by atoms with Crippen LogP contribution in [0.5, 0.6) is 0 Å². The molecule has 1 rings (SSSR count). The summed E-state index contributed by atoms with van der Waals surface area (Å²) < 4.78 is 0. The largest absolute Gasteiger partial charge is 0.359 e. The van der Waals surface area contributed by atoms with Gasteiger partial charge in [-0.15, -0.1) is 0 Å². The lowest BCUT2D eigenvalue weighted by Crippen LogP contribution is -2.43. The quantitative estimate of drug-likeness (QED) is 0.814. The lowest BCUT2D eigenvalue weighted by Gasteiger charge is -2.22. The van der Waals surface area contributed by atoms with E-state index in [1.54, 1.807) is 33.0 Å². The summed E-state index contributed by atoms with van der Waals surface area (Å²) in [5.74, 6) is -0.263. The van der Waals surface area contributed by atoms with Crippen LogP contribution in [-0.2, 0) is 10.1 Å². The molecule has 0 unspecified atom stereocenters. The van der Waals surface area contributed by atoms with Gasteiger partial charge in [-0.05, 0) is 31.5 Å². The first-order valence-corrected chi connectivity index (χ1v) is 7.18. The second kappa shape index (κ2) is 6.70. The fourth-order valence-electron chi connectivity index (χ4n) is 1.57. The number of rotatable bonds is 5. The molecule has 0 saturated carbocycles. The van der Waals surface area contributed by atoms with Crippen LogP contribution in [0.4, 0.5) is 0 Å². The van der Waals surface area contributed by atoms with Gasteiger partial charge in [-0.2, -0.15) is 0 Å². The number of alkyl halides is 1. The molecule has 1 aromatic rings. The van der Waals surface area contributed by atoms with E-state index in [0.717, 1.165) is 10.9 Å². The number of carbonyl (C=O) groups is 2. The molecule has 104 valence electrons. The minimum atomic E-state index is -0.625. The van der Waals surface area contributed by atoms with E-state index < -0.39 is 5.41 Å². The van der Waals surface area contributed by atoms with Gasteiger partial charge in [0.05, 0.1) is 5.41 Å². The molecule has 19 heavy (non-hydrogen) atoms. The maximum atomic E-state index is 11.9. The SMILES string of the molecule is CNC(=O)C(C)(C)CNC(=O)c1ccc(CBr)cc1. The summed E-state index contributed by atoms with van der Waals surface area (Å²) in [6.45, 7) is 3.88. The van der Waals surface area contributed by atoms with Gasteiger partial charge in [0.15, 0.2) is 0 Å². The molecule has 0 bridgehead atoms. The molecule has 0 heterocycles. The zero-order valence-electron chi connectivity index (χ0n) is 11.4. The van der Waals surface area contributed by atoms with E-state index in [-0.39, 0.29) is 11.8 Å². The summed E-state index contributed by atoms with van der Waals surface area (Å²) >= 11 is 3.35. The van der Waals surface area contributed by atoms with Gasteiger partial charge in [0.25, 0.3) is 5.91 Å². The highest BCUT2D eigenvalue weighted by Gasteiger charge is 2.27. The standard InChI is InChI=1S/C14H19BrN2O2/c1-14(2,13(19)16-3)9-17-12(18)11-6-4-10(8-15)5-7-11/h4-7H,8-9H2,1-3H3,(H,16,19)(H,17,18). The highest BCUT2D eigenvalue weighted by Crippen LogP contribution is 2.14. The first-order chi connectivity index (χ1) is 8.90. The van der Waals surface area contributed by atoms with Crippen LogP contribution < -0.4 is 10.6 Å². The number of amides is 2. The highest BCUT2D eigenvalue weighted by atomic mass is 79.9. The van der Waals surface area contributed by atoms with Crippen molar-refractivity contribution in [3.8, 4) is 0 Å². The summed E-state index contributed by atoms with van der Waals surface area (Å²) in [5, 5.41) is 6.13. The lowest BCUT2D eigenvalue weighted by molar-refractivity contribution is -0.128. The van der Waals surface area contributed by atoms with Crippen molar-refractivity contribution in [2.45, 2.75) is 19.2 Å². The van der Waals surface area contributed by atoms with E-state index in [0.29, 0.717) is 12.1 Å². The molecule has 5 heteroatoms. The minimum Gasteiger partial charge on any atom is -0.359 e. The second-order valence-electron chi connectivity index (χ2n) is 4.98. The number of hydrogen-bond acceptors (Lipinski definition) is 2. The average Bonchev–Trinajstić information content (AvgIpc) is 2.43. The summed E-state index contributed by atoms with van der Waals surface area (Å²) in [6, 6.07) is 7.35. The van der Waals surface area contributed by atoms with Crippen molar-refractivity contribution < 1.29 is 9.59 Å². The molecule has 0 saturated heterocycles. The van der Waals surface area contributed by atoms with Crippen LogP contribution in [0.15, 0.2) is 24.3 Å². The van der Waals surface area contributed by atoms with Crippen molar-refractivity contribution in [2.75, 3.05) is 13.6 Å². The van der Waals surface area contributed by atoms with E-state index in [9.17, 15) is 9.59 Å². The first kappa shape index (κ1) is 15.7. The summed E-state index contributed by atoms with van der Waals surface area (Å²) in [4.78, 5) is 23.5. The molecule has 0 aliphatic carbocycles. The fraction of sp³-hybridized carbons (Fsp3) is 0.429. The zero-order chi connectivity index (χ0) is 14.5. The zero-order valence-corrected chi connectivity index (χ0v) is 13.0. The number of carbonyl (C=O) groups excluding carboxylic acids is 2. The normalized spacial score (nSPS) is 10.9. The van der Waals surface area contributed by atoms with Crippen LogP contribution in [0.2, 0.25) is 0 Å². The van der Waals surface area contributed by atoms with Crippen LogP contribution in [0, 0.1) is 5.41 Å². The second-order valence-corrected chi connectivity index (χ2v) is 5.54. The van der Waals surface area contributed by atoms with Crippen LogP contribution in [0.3, 0.4) is 0 Å². The molecular weight excluding hydrogens is 308 g/mol. The maximum Gasteiger partial charge on any atom is 0.251 e. The maximum absolute atomic E-state index is 11.9. The summed E-state index contributed by atoms with van der Waals surface area (Å²) in [5.41, 5.74) is 1.08. The van der Waals surface area contributed by atoms with Gasteiger partial charge in [0, 0.05) is 24.5 Å². The highest BCUT2D eigenvalue weighted by molar-refractivity contribution is 9.08. The van der Waals surface area contributed by atoms with Crippen molar-refractivity contribution in [1.82, 2.24) is 10.6 Å². The Morgan fingerprint density at radius 3 is 2.26 bits per heavy atom. The van der Waals surface area contributed by atoms with Crippen molar-refractivity contribution in [3.63, 3.8) is 0 Å². The molecule has 0 aliphatic rings. The average molecular weight is 327 g/mol. The number of halogens is 1. The van der Waals surface area contributed by atoms with Crippen molar-refractivity contribution >= 4 is 27.7 Å². The van der Waals surface area contributed by atoms with Gasteiger partial charge in [0.1, 0.15) is 0 Å². The number of hydrogen-bond donors (Lipinski definition) is 2. The molecule has 0 aromatic heterocycles. The molecule has 0 fully saturated rings. The van der Waals surface area contributed by atoms with Gasteiger partial charge in [0.2, 0.25) is 5.91 Å². The number of nitrogens with one attached hydrogen (secondary N) is 2. The molecule has 2 amide bonds. The van der Waals surface area contributed by atoms with E-state index in [4.69, 9.17) is 0 Å². The molecule has 0 atom stereocenters. The molecule has 4 nitrogen and oxygen atoms in total. The van der Waals surface area contributed by atoms with E-state index in [2.05, 4.69) is 26.6 Å². The Morgan fingerprint density at radius 1 is 1.21 bits per heavy atom. The molecule has 0 aliphatic heterocycles. The summed E-state index contributed by atoms with van der Waals surface area (Å²) in [7, 11) is 1.59. The Kier molecular flexibility index (Phi) is 5.54. The Hall–Kier alpha value is -1.36. The Morgan fingerprint density at radius 2 is 1.79 bits per heavy atom. The first-order valence-electron chi connectivity index (χ1n) is 6.06. The fourth-order valence-corrected chi connectivity index (χ4v) is 1.94. The summed E-state index contributed by atoms with van der Waals surface area (Å²) in [6.07, 6.45) is 0. The third-order valence-electron chi connectivity index (χ3n) is 2.90. The van der Waals surface area contributed by atoms with Crippen LogP contribution in [-0.4, -0.2) is 25.4 Å². The van der Waals surface area contributed by atoms with Gasteiger partial charge >= 0.3 is 0 Å². The van der Waals surface area contributed by atoms with Crippen molar-refractivity contribution in [1.29, 1.82) is 0 Å². The van der Waals surface area contributed by atoms with Crippen LogP contribution in [0.25, 0.3) is 0 Å². The monoisotopic (exact) mass is 326 g/mol. The predicted octanol–water partition coefficient (Wildman–Crippen LogP) is 2.08. The Labute approximate surface area is 122 Å². The Bertz CT molecular complexity index is 455. The van der Waals surface area contributed by atoms with Crippen molar-refractivity contribution in [2.24, 2.45) is 5.41 Å². The third kappa shape index (κ3) is 4.35. The molecule has 1 aromatic carbocycles. The van der Waals surface area contributed by atoms with E-state index in [1.165, 1.54) is 0 Å². The molecule has 0 spiro atoms.